The topological polar surface area (TPSA) is 48.3 Å². The number of nitrogens with zero attached hydrogens (tertiary/aromatic N) is 1. The van der Waals surface area contributed by atoms with Gasteiger partial charge in [-0.15, -0.1) is 0 Å². The Morgan fingerprint density at radius 3 is 2.59 bits per heavy atom. The fourth-order valence-electron chi connectivity index (χ4n) is 4.95. The fourth-order valence-corrected chi connectivity index (χ4v) is 6.36. The quantitative estimate of drug-likeness (QED) is 0.644. The number of hydrogen-bond donors (Lipinski definition) is 0. The molecule has 1 fully saturated rings. The van der Waals surface area contributed by atoms with E-state index in [-0.39, 0.29) is 12.0 Å². The van der Waals surface area contributed by atoms with Crippen LogP contribution in [-0.2, 0) is 21.2 Å². The molecule has 2 aliphatic rings. The first-order valence-electron chi connectivity index (χ1n) is 9.16. The zero-order chi connectivity index (χ0) is 18.8. The summed E-state index contributed by atoms with van der Waals surface area (Å²) in [5.74, 6) is 0.553. The molecule has 5 heteroatoms. The third kappa shape index (κ3) is 2.28. The van der Waals surface area contributed by atoms with Crippen molar-refractivity contribution in [2.24, 2.45) is 5.92 Å². The second-order valence-corrected chi connectivity index (χ2v) is 9.31. The van der Waals surface area contributed by atoms with E-state index in [4.69, 9.17) is 4.74 Å². The number of rotatable bonds is 3. The van der Waals surface area contributed by atoms with Gasteiger partial charge < -0.3 is 4.74 Å². The van der Waals surface area contributed by atoms with Gasteiger partial charge in [0.05, 0.1) is 16.5 Å². The number of aromatic nitrogens is 1. The number of ether oxygens (including phenoxy) is 1. The molecule has 0 amide bonds. The van der Waals surface area contributed by atoms with Crippen molar-refractivity contribution in [3.8, 4) is 0 Å². The average Bonchev–Trinajstić information content (AvgIpc) is 3.22. The molecule has 138 valence electrons. The summed E-state index contributed by atoms with van der Waals surface area (Å²) in [6.07, 6.45) is 3.63. The van der Waals surface area contributed by atoms with Gasteiger partial charge >= 0.3 is 0 Å². The zero-order valence-corrected chi connectivity index (χ0v) is 15.9. The van der Waals surface area contributed by atoms with Crippen molar-refractivity contribution in [1.29, 1.82) is 0 Å². The van der Waals surface area contributed by atoms with E-state index in [2.05, 4.69) is 12.6 Å². The van der Waals surface area contributed by atoms with Gasteiger partial charge in [0.1, 0.15) is 0 Å². The molecule has 2 aromatic carbocycles. The first-order chi connectivity index (χ1) is 13.0. The maximum Gasteiger partial charge on any atom is 0.268 e. The Labute approximate surface area is 159 Å². The van der Waals surface area contributed by atoms with Crippen LogP contribution in [0.3, 0.4) is 0 Å². The van der Waals surface area contributed by atoms with Gasteiger partial charge in [0, 0.05) is 30.5 Å². The molecule has 1 unspecified atom stereocenters. The monoisotopic (exact) mass is 379 g/mol. The van der Waals surface area contributed by atoms with E-state index in [9.17, 15) is 8.42 Å². The molecule has 2 aliphatic carbocycles. The van der Waals surface area contributed by atoms with Crippen LogP contribution in [-0.4, -0.2) is 25.6 Å². The zero-order valence-electron chi connectivity index (χ0n) is 15.1. The molecule has 1 heterocycles. The average molecular weight is 379 g/mol. The normalized spacial score (nSPS) is 24.3. The summed E-state index contributed by atoms with van der Waals surface area (Å²) < 4.78 is 33.7. The summed E-state index contributed by atoms with van der Waals surface area (Å²) >= 11 is 0. The van der Waals surface area contributed by atoms with Gasteiger partial charge in [-0.3, -0.25) is 0 Å². The molecule has 0 bridgehead atoms. The molecular weight excluding hydrogens is 358 g/mol. The molecule has 5 rings (SSSR count). The summed E-state index contributed by atoms with van der Waals surface area (Å²) in [5.41, 5.74) is 4.20. The first-order valence-corrected chi connectivity index (χ1v) is 10.6. The van der Waals surface area contributed by atoms with Crippen LogP contribution in [0.5, 0.6) is 0 Å². The summed E-state index contributed by atoms with van der Waals surface area (Å²) in [6, 6.07) is 14.6. The van der Waals surface area contributed by atoms with Crippen LogP contribution in [0.2, 0.25) is 0 Å². The van der Waals surface area contributed by atoms with E-state index in [1.165, 1.54) is 15.1 Å². The van der Waals surface area contributed by atoms with Crippen LogP contribution in [0, 0.1) is 5.92 Å². The Bertz CT molecular complexity index is 1160. The number of benzene rings is 2. The lowest BCUT2D eigenvalue weighted by atomic mass is 9.76. The highest BCUT2D eigenvalue weighted by Crippen LogP contribution is 2.52. The van der Waals surface area contributed by atoms with Crippen molar-refractivity contribution in [2.45, 2.75) is 29.8 Å². The Hall–Kier alpha value is -2.37. The Morgan fingerprint density at radius 1 is 1.07 bits per heavy atom. The molecule has 0 aliphatic heterocycles. The largest absolute Gasteiger partial charge is 0.381 e. The van der Waals surface area contributed by atoms with E-state index in [1.54, 1.807) is 37.6 Å². The molecule has 0 radical (unpaired) electrons. The summed E-state index contributed by atoms with van der Waals surface area (Å²) in [4.78, 5) is 0.303. The highest BCUT2D eigenvalue weighted by atomic mass is 32.2. The van der Waals surface area contributed by atoms with Gasteiger partial charge in [0.15, 0.2) is 0 Å². The van der Waals surface area contributed by atoms with Crippen molar-refractivity contribution in [2.75, 3.05) is 7.11 Å². The van der Waals surface area contributed by atoms with Gasteiger partial charge in [0.25, 0.3) is 10.0 Å². The first kappa shape index (κ1) is 16.8. The Balaban J connectivity index is 1.74. The van der Waals surface area contributed by atoms with E-state index in [0.717, 1.165) is 29.3 Å². The Kier molecular flexibility index (Phi) is 3.61. The van der Waals surface area contributed by atoms with Crippen molar-refractivity contribution in [1.82, 2.24) is 3.97 Å². The maximum absolute atomic E-state index is 13.3. The molecule has 3 atom stereocenters. The summed E-state index contributed by atoms with van der Waals surface area (Å²) in [6.45, 7) is 4.29. The van der Waals surface area contributed by atoms with Crippen LogP contribution in [0.25, 0.3) is 10.9 Å². The smallest absolute Gasteiger partial charge is 0.268 e. The van der Waals surface area contributed by atoms with Crippen LogP contribution < -0.4 is 0 Å². The van der Waals surface area contributed by atoms with Gasteiger partial charge in [-0.2, -0.15) is 0 Å². The molecule has 0 N–H and O–H groups in total. The SMILES string of the molecule is C=C1CC(OC)[C@@H]2Cc3cn(S(=O)(=O)c4ccccc4)c4cccc(c34)[C@H]12. The van der Waals surface area contributed by atoms with Gasteiger partial charge in [-0.25, -0.2) is 12.4 Å². The molecule has 1 aromatic heterocycles. The van der Waals surface area contributed by atoms with Crippen LogP contribution in [0.15, 0.2) is 71.8 Å². The minimum atomic E-state index is -3.64. The molecule has 4 nitrogen and oxygen atoms in total. The minimum Gasteiger partial charge on any atom is -0.381 e. The highest BCUT2D eigenvalue weighted by molar-refractivity contribution is 7.90. The second kappa shape index (κ2) is 5.81. The van der Waals surface area contributed by atoms with E-state index < -0.39 is 10.0 Å². The van der Waals surface area contributed by atoms with Crippen molar-refractivity contribution in [3.05, 3.63) is 78.0 Å². The van der Waals surface area contributed by atoms with Crippen LogP contribution in [0.4, 0.5) is 0 Å². The fraction of sp³-hybridized carbons (Fsp3) is 0.273. The predicted molar refractivity (Wildman–Crippen MR) is 105 cm³/mol. The van der Waals surface area contributed by atoms with E-state index in [1.807, 2.05) is 18.2 Å². The van der Waals surface area contributed by atoms with Crippen LogP contribution in [0.1, 0.15) is 23.5 Å². The Morgan fingerprint density at radius 2 is 1.85 bits per heavy atom. The highest BCUT2D eigenvalue weighted by Gasteiger charge is 2.44. The predicted octanol–water partition coefficient (Wildman–Crippen LogP) is 4.11. The van der Waals surface area contributed by atoms with Crippen molar-refractivity contribution >= 4 is 20.9 Å². The minimum absolute atomic E-state index is 0.139. The van der Waals surface area contributed by atoms with Gasteiger partial charge in [0.2, 0.25) is 0 Å². The molecule has 0 saturated heterocycles. The number of methoxy groups -OCH3 is 1. The lowest BCUT2D eigenvalue weighted by Gasteiger charge is -2.29. The van der Waals surface area contributed by atoms with Gasteiger partial charge in [-0.05, 0) is 42.2 Å². The third-order valence-corrected chi connectivity index (χ3v) is 7.80. The standard InChI is InChI=1S/C22H21NO3S/c1-14-11-20(26-2)18-12-15-13-23(27(24,25)16-7-4-3-5-8-16)19-10-6-9-17(21(14)18)22(15)19/h3-10,13,18,20-21H,1,11-12H2,2H3/t18-,20?,21-/m0/s1. The molecular formula is C22H21NO3S. The van der Waals surface area contributed by atoms with Crippen molar-refractivity contribution in [3.63, 3.8) is 0 Å². The van der Waals surface area contributed by atoms with Crippen LogP contribution >= 0.6 is 0 Å². The number of hydrogen-bond acceptors (Lipinski definition) is 3. The van der Waals surface area contributed by atoms with E-state index in [0.29, 0.717) is 10.8 Å². The maximum atomic E-state index is 13.3. The molecule has 3 aromatic rings. The van der Waals surface area contributed by atoms with E-state index >= 15 is 0 Å². The molecule has 0 spiro atoms. The lowest BCUT2D eigenvalue weighted by Crippen LogP contribution is -2.25. The third-order valence-electron chi connectivity index (χ3n) is 6.11. The second-order valence-electron chi connectivity index (χ2n) is 7.49. The molecule has 27 heavy (non-hydrogen) atoms. The lowest BCUT2D eigenvalue weighted by molar-refractivity contribution is 0.0676. The molecule has 1 saturated carbocycles. The number of fused-ring (bicyclic) bond motifs is 2. The van der Waals surface area contributed by atoms with Crippen molar-refractivity contribution < 1.29 is 13.2 Å². The van der Waals surface area contributed by atoms with Gasteiger partial charge in [-0.1, -0.05) is 42.5 Å². The summed E-state index contributed by atoms with van der Waals surface area (Å²) in [5, 5.41) is 1.07. The summed E-state index contributed by atoms with van der Waals surface area (Å²) in [7, 11) is -1.89.